The summed E-state index contributed by atoms with van der Waals surface area (Å²) in [6.07, 6.45) is 2.86. The molecule has 8 heteroatoms. The van der Waals surface area contributed by atoms with E-state index in [1.54, 1.807) is 16.8 Å². The Kier molecular flexibility index (Phi) is 4.21. The van der Waals surface area contributed by atoms with Crippen LogP contribution in [0.5, 0.6) is 0 Å². The molecule has 3 heterocycles. The molecule has 1 unspecified atom stereocenters. The van der Waals surface area contributed by atoms with Crippen LogP contribution in [0.3, 0.4) is 0 Å². The first kappa shape index (κ1) is 17.0. The van der Waals surface area contributed by atoms with Crippen LogP contribution in [0.1, 0.15) is 44.5 Å². The van der Waals surface area contributed by atoms with Gasteiger partial charge in [0.15, 0.2) is 0 Å². The Morgan fingerprint density at radius 1 is 1.29 bits per heavy atom. The van der Waals surface area contributed by atoms with Gasteiger partial charge in [-0.2, -0.15) is 5.10 Å². The quantitative estimate of drug-likeness (QED) is 0.908. The maximum atomic E-state index is 12.6. The van der Waals surface area contributed by atoms with E-state index >= 15 is 0 Å². The van der Waals surface area contributed by atoms with Crippen molar-refractivity contribution in [2.45, 2.75) is 63.4 Å². The molecular weight excluding hydrogens is 326 g/mol. The molecule has 0 aromatic carbocycles. The van der Waals surface area contributed by atoms with Crippen molar-refractivity contribution in [2.24, 2.45) is 0 Å². The van der Waals surface area contributed by atoms with Crippen molar-refractivity contribution in [3.8, 4) is 0 Å². The highest BCUT2D eigenvalue weighted by molar-refractivity contribution is 7.89. The van der Waals surface area contributed by atoms with Crippen LogP contribution in [0.4, 0.5) is 0 Å². The summed E-state index contributed by atoms with van der Waals surface area (Å²) in [6, 6.07) is 3.20. The second kappa shape index (κ2) is 5.93. The molecule has 130 valence electrons. The molecule has 0 aliphatic carbocycles. The molecule has 0 fully saturated rings. The highest BCUT2D eigenvalue weighted by atomic mass is 32.2. The van der Waals surface area contributed by atoms with Crippen molar-refractivity contribution < 1.29 is 8.42 Å². The van der Waals surface area contributed by atoms with Gasteiger partial charge in [-0.25, -0.2) is 22.8 Å². The highest BCUT2D eigenvalue weighted by Crippen LogP contribution is 2.21. The Bertz CT molecular complexity index is 834. The van der Waals surface area contributed by atoms with Crippen LogP contribution in [-0.2, 0) is 28.4 Å². The molecule has 1 atom stereocenters. The molecule has 1 aliphatic rings. The van der Waals surface area contributed by atoms with Gasteiger partial charge in [0.05, 0.1) is 6.54 Å². The Balaban J connectivity index is 1.75. The van der Waals surface area contributed by atoms with Crippen LogP contribution in [-0.4, -0.2) is 34.2 Å². The monoisotopic (exact) mass is 349 g/mol. The summed E-state index contributed by atoms with van der Waals surface area (Å²) in [5, 5.41) is 4.30. The van der Waals surface area contributed by atoms with Crippen molar-refractivity contribution >= 4 is 10.0 Å². The van der Waals surface area contributed by atoms with Crippen LogP contribution in [0.25, 0.3) is 0 Å². The van der Waals surface area contributed by atoms with Gasteiger partial charge in [-0.1, -0.05) is 20.8 Å². The summed E-state index contributed by atoms with van der Waals surface area (Å²) in [5.74, 6) is 1.63. The van der Waals surface area contributed by atoms with Gasteiger partial charge >= 0.3 is 0 Å². The second-order valence-corrected chi connectivity index (χ2v) is 8.96. The number of aromatic nitrogens is 4. The largest absolute Gasteiger partial charge is 0.259 e. The van der Waals surface area contributed by atoms with Crippen LogP contribution in [0, 0.1) is 6.92 Å². The summed E-state index contributed by atoms with van der Waals surface area (Å²) >= 11 is 0. The fourth-order valence-corrected chi connectivity index (χ4v) is 4.01. The van der Waals surface area contributed by atoms with E-state index in [0.29, 0.717) is 13.0 Å². The number of hydrogen-bond acceptors (Lipinski definition) is 5. The van der Waals surface area contributed by atoms with Gasteiger partial charge in [0.1, 0.15) is 16.5 Å². The van der Waals surface area contributed by atoms with E-state index in [1.807, 2.05) is 27.7 Å². The molecule has 0 saturated carbocycles. The van der Waals surface area contributed by atoms with Crippen molar-refractivity contribution in [3.63, 3.8) is 0 Å². The zero-order valence-corrected chi connectivity index (χ0v) is 15.3. The van der Waals surface area contributed by atoms with Crippen LogP contribution < -0.4 is 4.72 Å². The number of nitrogens with one attached hydrogen (secondary N) is 1. The molecule has 1 aliphatic heterocycles. The summed E-state index contributed by atoms with van der Waals surface area (Å²) < 4.78 is 29.7. The smallest absolute Gasteiger partial charge is 0.242 e. The molecule has 2 aromatic rings. The van der Waals surface area contributed by atoms with Crippen LogP contribution >= 0.6 is 0 Å². The van der Waals surface area contributed by atoms with Gasteiger partial charge in [-0.15, -0.1) is 0 Å². The number of rotatable bonds is 3. The Morgan fingerprint density at radius 2 is 2.04 bits per heavy atom. The van der Waals surface area contributed by atoms with Gasteiger partial charge in [-0.05, 0) is 25.5 Å². The lowest BCUT2D eigenvalue weighted by atomic mass is 9.92. The number of nitrogens with zero attached hydrogens (tertiary/aromatic N) is 4. The second-order valence-electron chi connectivity index (χ2n) is 7.24. The van der Waals surface area contributed by atoms with E-state index in [-0.39, 0.29) is 16.4 Å². The van der Waals surface area contributed by atoms with Crippen molar-refractivity contribution in [1.82, 2.24) is 24.5 Å². The summed E-state index contributed by atoms with van der Waals surface area (Å²) in [4.78, 5) is 8.83. The average Bonchev–Trinajstić information content (AvgIpc) is 2.85. The molecule has 0 spiro atoms. The maximum absolute atomic E-state index is 12.6. The Morgan fingerprint density at radius 3 is 2.67 bits per heavy atom. The first-order chi connectivity index (χ1) is 11.1. The molecule has 0 bridgehead atoms. The predicted molar refractivity (Wildman–Crippen MR) is 90.1 cm³/mol. The molecule has 7 nitrogen and oxygen atoms in total. The van der Waals surface area contributed by atoms with E-state index < -0.39 is 10.0 Å². The topological polar surface area (TPSA) is 89.8 Å². The fourth-order valence-electron chi connectivity index (χ4n) is 2.80. The SMILES string of the molecule is Cc1nc2n(n1)CC(NS(=O)(=O)c1ccc(C(C)(C)C)nc1)CC2. The summed E-state index contributed by atoms with van der Waals surface area (Å²) in [7, 11) is -3.59. The zero-order valence-electron chi connectivity index (χ0n) is 14.4. The minimum atomic E-state index is -3.59. The molecule has 1 N–H and O–H groups in total. The van der Waals surface area contributed by atoms with Crippen LogP contribution in [0.2, 0.25) is 0 Å². The van der Waals surface area contributed by atoms with Gasteiger partial charge < -0.3 is 0 Å². The predicted octanol–water partition coefficient (Wildman–Crippen LogP) is 1.57. The van der Waals surface area contributed by atoms with Gasteiger partial charge in [0.25, 0.3) is 0 Å². The van der Waals surface area contributed by atoms with E-state index in [0.717, 1.165) is 23.8 Å². The molecular formula is C16H23N5O2S. The van der Waals surface area contributed by atoms with E-state index in [4.69, 9.17) is 0 Å². The average molecular weight is 349 g/mol. The molecule has 3 rings (SSSR count). The Labute approximate surface area is 142 Å². The number of sulfonamides is 1. The first-order valence-corrected chi connectivity index (χ1v) is 9.53. The number of hydrogen-bond donors (Lipinski definition) is 1. The lowest BCUT2D eigenvalue weighted by Crippen LogP contribution is -2.41. The van der Waals surface area contributed by atoms with E-state index in [9.17, 15) is 8.42 Å². The number of aryl methyl sites for hydroxylation is 2. The maximum Gasteiger partial charge on any atom is 0.242 e. The van der Waals surface area contributed by atoms with Gasteiger partial charge in [0, 0.05) is 29.8 Å². The van der Waals surface area contributed by atoms with E-state index in [2.05, 4.69) is 19.8 Å². The molecule has 0 saturated heterocycles. The number of pyridine rings is 1. The molecule has 0 radical (unpaired) electrons. The van der Waals surface area contributed by atoms with Gasteiger partial charge in [-0.3, -0.25) is 4.98 Å². The standard InChI is InChI=1S/C16H23N5O2S/c1-11-18-15-8-5-12(10-21(15)19-11)20-24(22,23)13-6-7-14(17-9-13)16(2,3)4/h6-7,9,12,20H,5,8,10H2,1-4H3. The molecule has 0 amide bonds. The minimum absolute atomic E-state index is 0.111. The zero-order chi connectivity index (χ0) is 17.5. The number of fused-ring (bicyclic) bond motifs is 1. The molecule has 24 heavy (non-hydrogen) atoms. The summed E-state index contributed by atoms with van der Waals surface area (Å²) in [5.41, 5.74) is 0.752. The minimum Gasteiger partial charge on any atom is -0.259 e. The van der Waals surface area contributed by atoms with E-state index in [1.165, 1.54) is 6.20 Å². The van der Waals surface area contributed by atoms with Crippen molar-refractivity contribution in [3.05, 3.63) is 35.7 Å². The van der Waals surface area contributed by atoms with Gasteiger partial charge in [0.2, 0.25) is 10.0 Å². The third-order valence-corrected chi connectivity index (χ3v) is 5.61. The third-order valence-electron chi connectivity index (χ3n) is 4.10. The summed E-state index contributed by atoms with van der Waals surface area (Å²) in [6.45, 7) is 8.47. The highest BCUT2D eigenvalue weighted by Gasteiger charge is 2.26. The normalized spacial score (nSPS) is 18.4. The van der Waals surface area contributed by atoms with Crippen LogP contribution in [0.15, 0.2) is 23.2 Å². The Hall–Kier alpha value is -1.80. The van der Waals surface area contributed by atoms with Crippen molar-refractivity contribution in [1.29, 1.82) is 0 Å². The lowest BCUT2D eigenvalue weighted by molar-refractivity contribution is 0.395. The molecule has 2 aromatic heterocycles. The fraction of sp³-hybridized carbons (Fsp3) is 0.562. The van der Waals surface area contributed by atoms with Crippen molar-refractivity contribution in [2.75, 3.05) is 0 Å². The third kappa shape index (κ3) is 3.49. The lowest BCUT2D eigenvalue weighted by Gasteiger charge is -2.23. The first-order valence-electron chi connectivity index (χ1n) is 8.04.